The quantitative estimate of drug-likeness (QED) is 0.295. The van der Waals surface area contributed by atoms with Crippen molar-refractivity contribution in [3.05, 3.63) is 60.8 Å². The van der Waals surface area contributed by atoms with Gasteiger partial charge in [0, 0.05) is 19.3 Å². The summed E-state index contributed by atoms with van der Waals surface area (Å²) in [6.45, 7) is 2.16. The largest absolute Gasteiger partial charge is 0.481 e. The molecule has 0 aromatic rings. The van der Waals surface area contributed by atoms with Crippen molar-refractivity contribution in [2.75, 3.05) is 0 Å². The fraction of sp³-hybridized carbons (Fsp3) is 0.455. The van der Waals surface area contributed by atoms with E-state index < -0.39 is 5.97 Å². The van der Waals surface area contributed by atoms with Gasteiger partial charge in [-0.25, -0.2) is 0 Å². The Hall–Kier alpha value is -2.16. The number of carboxylic acid groups (broad SMARTS) is 1. The van der Waals surface area contributed by atoms with Crippen molar-refractivity contribution >= 4 is 11.8 Å². The van der Waals surface area contributed by atoms with Gasteiger partial charge in [-0.1, -0.05) is 74.1 Å². The molecule has 0 amide bonds. The van der Waals surface area contributed by atoms with Crippen LogP contribution in [0.3, 0.4) is 0 Å². The minimum absolute atomic E-state index is 0.164. The highest BCUT2D eigenvalue weighted by Gasteiger charge is 1.96. The van der Waals surface area contributed by atoms with Gasteiger partial charge in [0.05, 0.1) is 0 Å². The number of carboxylic acids is 1. The number of allylic oxidation sites excluding steroid dienone is 10. The Bertz CT molecular complexity index is 493. The number of carbonyl (C=O) groups is 2. The number of hydrogen-bond donors (Lipinski definition) is 1. The molecule has 0 spiro atoms. The maximum absolute atomic E-state index is 11.7. The third-order valence-electron chi connectivity index (χ3n) is 3.34. The van der Waals surface area contributed by atoms with E-state index in [9.17, 15) is 9.59 Å². The number of rotatable bonds is 15. The first kappa shape index (κ1) is 22.8. The molecule has 0 aliphatic carbocycles. The Labute approximate surface area is 152 Å². The van der Waals surface area contributed by atoms with Gasteiger partial charge in [0.2, 0.25) is 0 Å². The summed E-state index contributed by atoms with van der Waals surface area (Å²) >= 11 is 0. The minimum atomic E-state index is -0.778. The second kappa shape index (κ2) is 18.2. The topological polar surface area (TPSA) is 54.4 Å². The van der Waals surface area contributed by atoms with Gasteiger partial charge in [-0.05, 0) is 32.1 Å². The van der Waals surface area contributed by atoms with Crippen LogP contribution >= 0.6 is 0 Å². The number of ketones is 1. The molecule has 0 aliphatic rings. The van der Waals surface area contributed by atoms with Crippen molar-refractivity contribution in [3.8, 4) is 0 Å². The first-order valence-corrected chi connectivity index (χ1v) is 9.17. The molecule has 3 nitrogen and oxygen atoms in total. The summed E-state index contributed by atoms with van der Waals surface area (Å²) in [5, 5.41) is 8.49. The van der Waals surface area contributed by atoms with Gasteiger partial charge in [-0.3, -0.25) is 9.59 Å². The summed E-state index contributed by atoms with van der Waals surface area (Å²) in [5.74, 6) is -0.534. The summed E-state index contributed by atoms with van der Waals surface area (Å²) in [5.41, 5.74) is 0. The van der Waals surface area contributed by atoms with Crippen LogP contribution < -0.4 is 0 Å². The molecule has 138 valence electrons. The maximum atomic E-state index is 11.7. The summed E-state index contributed by atoms with van der Waals surface area (Å²) in [6, 6.07) is 0. The molecule has 0 unspecified atom stereocenters. The lowest BCUT2D eigenvalue weighted by Crippen LogP contribution is -1.93. The molecule has 0 fully saturated rings. The van der Waals surface area contributed by atoms with E-state index in [0.717, 1.165) is 25.7 Å². The smallest absolute Gasteiger partial charge is 0.303 e. The average molecular weight is 344 g/mol. The van der Waals surface area contributed by atoms with Gasteiger partial charge >= 0.3 is 5.97 Å². The third-order valence-corrected chi connectivity index (χ3v) is 3.34. The molecule has 0 saturated carbocycles. The standard InChI is InChI=1S/C22H32O3/c1-2-3-4-5-6-7-8-9-12-15-18-21(23)19-16-13-10-11-14-17-20-22(24)25/h4-7,9,11-14,16H,2-3,8,10,15,17-20H2,1H3,(H,24,25)/b5-4+,7-6+,12-9+,14-11-,16-13+. The van der Waals surface area contributed by atoms with E-state index >= 15 is 0 Å². The lowest BCUT2D eigenvalue weighted by atomic mass is 10.1. The van der Waals surface area contributed by atoms with Crippen LogP contribution in [-0.2, 0) is 9.59 Å². The Balaban J connectivity index is 3.61. The lowest BCUT2D eigenvalue weighted by molar-refractivity contribution is -0.136. The molecule has 0 saturated heterocycles. The summed E-state index contributed by atoms with van der Waals surface area (Å²) in [6.07, 6.45) is 26.7. The molecule has 0 rings (SSSR count). The van der Waals surface area contributed by atoms with Crippen molar-refractivity contribution < 1.29 is 14.7 Å². The summed E-state index contributed by atoms with van der Waals surface area (Å²) in [4.78, 5) is 22.0. The Morgan fingerprint density at radius 2 is 1.32 bits per heavy atom. The van der Waals surface area contributed by atoms with Crippen LogP contribution in [-0.4, -0.2) is 16.9 Å². The second-order valence-electron chi connectivity index (χ2n) is 5.74. The van der Waals surface area contributed by atoms with Crippen LogP contribution in [0.15, 0.2) is 60.8 Å². The van der Waals surface area contributed by atoms with Crippen molar-refractivity contribution in [3.63, 3.8) is 0 Å². The second-order valence-corrected chi connectivity index (χ2v) is 5.74. The van der Waals surface area contributed by atoms with E-state index in [1.54, 1.807) is 0 Å². The van der Waals surface area contributed by atoms with Crippen LogP contribution in [0.4, 0.5) is 0 Å². The fourth-order valence-corrected chi connectivity index (χ4v) is 1.95. The first-order valence-electron chi connectivity index (χ1n) is 9.17. The molecule has 0 heterocycles. The fourth-order valence-electron chi connectivity index (χ4n) is 1.95. The molecule has 0 aromatic carbocycles. The molecule has 0 radical (unpaired) electrons. The third kappa shape index (κ3) is 19.8. The van der Waals surface area contributed by atoms with Crippen LogP contribution in [0.25, 0.3) is 0 Å². The Morgan fingerprint density at radius 1 is 0.720 bits per heavy atom. The van der Waals surface area contributed by atoms with Crippen molar-refractivity contribution in [1.82, 2.24) is 0 Å². The van der Waals surface area contributed by atoms with E-state index in [0.29, 0.717) is 19.3 Å². The molecular weight excluding hydrogens is 312 g/mol. The predicted octanol–water partition coefficient (Wildman–Crippen LogP) is 5.95. The highest BCUT2D eigenvalue weighted by molar-refractivity contribution is 5.79. The molecule has 0 bridgehead atoms. The Kier molecular flexibility index (Phi) is 16.6. The van der Waals surface area contributed by atoms with Crippen molar-refractivity contribution in [1.29, 1.82) is 0 Å². The van der Waals surface area contributed by atoms with Gasteiger partial charge < -0.3 is 5.11 Å². The van der Waals surface area contributed by atoms with Crippen molar-refractivity contribution in [2.45, 2.75) is 64.7 Å². The van der Waals surface area contributed by atoms with E-state index in [2.05, 4.69) is 43.4 Å². The summed E-state index contributed by atoms with van der Waals surface area (Å²) in [7, 11) is 0. The molecule has 0 aromatic heterocycles. The van der Waals surface area contributed by atoms with E-state index in [-0.39, 0.29) is 12.2 Å². The van der Waals surface area contributed by atoms with Gasteiger partial charge in [0.15, 0.2) is 0 Å². The molecule has 25 heavy (non-hydrogen) atoms. The molecule has 0 aliphatic heterocycles. The number of carbonyl (C=O) groups excluding carboxylic acids is 1. The molecule has 3 heteroatoms. The van der Waals surface area contributed by atoms with Crippen LogP contribution in [0.1, 0.15) is 64.7 Å². The predicted molar refractivity (Wildman–Crippen MR) is 106 cm³/mol. The van der Waals surface area contributed by atoms with Gasteiger partial charge in [-0.2, -0.15) is 0 Å². The lowest BCUT2D eigenvalue weighted by Gasteiger charge is -1.93. The monoisotopic (exact) mass is 344 g/mol. The number of aliphatic carboxylic acids is 1. The van der Waals surface area contributed by atoms with Gasteiger partial charge in [0.1, 0.15) is 5.78 Å². The van der Waals surface area contributed by atoms with E-state index in [4.69, 9.17) is 5.11 Å². The van der Waals surface area contributed by atoms with Gasteiger partial charge in [-0.15, -0.1) is 0 Å². The number of unbranched alkanes of at least 4 members (excludes halogenated alkanes) is 1. The van der Waals surface area contributed by atoms with E-state index in [1.807, 2.05) is 24.3 Å². The zero-order chi connectivity index (χ0) is 18.6. The Morgan fingerprint density at radius 3 is 2.00 bits per heavy atom. The van der Waals surface area contributed by atoms with Crippen LogP contribution in [0, 0.1) is 0 Å². The molecule has 0 atom stereocenters. The zero-order valence-corrected chi connectivity index (χ0v) is 15.4. The minimum Gasteiger partial charge on any atom is -0.481 e. The highest BCUT2D eigenvalue weighted by Crippen LogP contribution is 2.00. The molecule has 1 N–H and O–H groups in total. The van der Waals surface area contributed by atoms with Crippen molar-refractivity contribution in [2.24, 2.45) is 0 Å². The maximum Gasteiger partial charge on any atom is 0.303 e. The van der Waals surface area contributed by atoms with Crippen LogP contribution in [0.2, 0.25) is 0 Å². The van der Waals surface area contributed by atoms with E-state index in [1.165, 1.54) is 6.42 Å². The van der Waals surface area contributed by atoms with Crippen LogP contribution in [0.5, 0.6) is 0 Å². The normalized spacial score (nSPS) is 12.5. The molecular formula is C22H32O3. The zero-order valence-electron chi connectivity index (χ0n) is 15.4. The average Bonchev–Trinajstić information content (AvgIpc) is 2.58. The number of Topliss-reactive ketones (excluding diaryl/α,β-unsaturated/α-hetero) is 1. The highest BCUT2D eigenvalue weighted by atomic mass is 16.4. The SMILES string of the molecule is CCC/C=C/C=C/C/C=C/CCC(=O)C/C=C/C/C=C\CCC(=O)O. The first-order chi connectivity index (χ1) is 12.2. The van der Waals surface area contributed by atoms with Gasteiger partial charge in [0.25, 0.3) is 0 Å². The summed E-state index contributed by atoms with van der Waals surface area (Å²) < 4.78 is 0. The number of hydrogen-bond acceptors (Lipinski definition) is 2.